The zero-order valence-electron chi connectivity index (χ0n) is 14.3. The highest BCUT2D eigenvalue weighted by atomic mass is 19.1. The number of hydrazone groups is 1. The third-order valence-corrected chi connectivity index (χ3v) is 3.51. The highest BCUT2D eigenvalue weighted by molar-refractivity contribution is 5.83. The Labute approximate surface area is 145 Å². The van der Waals surface area contributed by atoms with E-state index in [0.717, 1.165) is 29.5 Å². The summed E-state index contributed by atoms with van der Waals surface area (Å²) in [7, 11) is 0. The predicted molar refractivity (Wildman–Crippen MR) is 92.9 cm³/mol. The standard InChI is InChI=1S/C19H20F2N2O2/c1-12(2)16-7-4-13(3)8-18(16)25-11-19(24)23-22-10-14-5-6-15(20)9-17(14)21/h4-10,12H,11H2,1-3H3,(H,23,24). The van der Waals surface area contributed by atoms with E-state index < -0.39 is 17.5 Å². The van der Waals surface area contributed by atoms with Gasteiger partial charge in [0.15, 0.2) is 6.61 Å². The molecule has 25 heavy (non-hydrogen) atoms. The van der Waals surface area contributed by atoms with Gasteiger partial charge >= 0.3 is 0 Å². The smallest absolute Gasteiger partial charge is 0.277 e. The molecule has 0 aromatic heterocycles. The van der Waals surface area contributed by atoms with Crippen LogP contribution in [0.25, 0.3) is 0 Å². The number of ether oxygens (including phenoxy) is 1. The van der Waals surface area contributed by atoms with Gasteiger partial charge in [-0.2, -0.15) is 5.10 Å². The minimum atomic E-state index is -0.754. The van der Waals surface area contributed by atoms with Crippen molar-refractivity contribution in [2.45, 2.75) is 26.7 Å². The number of nitrogens with one attached hydrogen (secondary N) is 1. The Morgan fingerprint density at radius 3 is 2.68 bits per heavy atom. The molecule has 0 saturated carbocycles. The summed E-state index contributed by atoms with van der Waals surface area (Å²) in [6.07, 6.45) is 1.11. The van der Waals surface area contributed by atoms with Crippen molar-refractivity contribution in [1.82, 2.24) is 5.43 Å². The fourth-order valence-electron chi connectivity index (χ4n) is 2.20. The molecule has 2 aromatic rings. The number of carbonyl (C=O) groups excluding carboxylic acids is 1. The third kappa shape index (κ3) is 5.38. The first-order chi connectivity index (χ1) is 11.9. The third-order valence-electron chi connectivity index (χ3n) is 3.51. The van der Waals surface area contributed by atoms with Crippen molar-refractivity contribution in [2.75, 3.05) is 6.61 Å². The van der Waals surface area contributed by atoms with E-state index in [1.807, 2.05) is 39.0 Å². The number of carbonyl (C=O) groups is 1. The lowest BCUT2D eigenvalue weighted by Gasteiger charge is -2.14. The van der Waals surface area contributed by atoms with Crippen molar-refractivity contribution >= 4 is 12.1 Å². The zero-order valence-corrected chi connectivity index (χ0v) is 14.3. The first-order valence-corrected chi connectivity index (χ1v) is 7.87. The molecule has 0 aliphatic carbocycles. The van der Waals surface area contributed by atoms with Crippen molar-refractivity contribution in [3.05, 3.63) is 64.7 Å². The van der Waals surface area contributed by atoms with Gasteiger partial charge in [-0.15, -0.1) is 0 Å². The molecule has 2 aromatic carbocycles. The van der Waals surface area contributed by atoms with Gasteiger partial charge in [-0.1, -0.05) is 26.0 Å². The van der Waals surface area contributed by atoms with Crippen LogP contribution in [0.2, 0.25) is 0 Å². The first kappa shape index (κ1) is 18.6. The Morgan fingerprint density at radius 1 is 1.24 bits per heavy atom. The molecular formula is C19H20F2N2O2. The number of rotatable bonds is 6. The van der Waals surface area contributed by atoms with Crippen LogP contribution >= 0.6 is 0 Å². The minimum absolute atomic E-state index is 0.0726. The fraction of sp³-hybridized carbons (Fsp3) is 0.263. The van der Waals surface area contributed by atoms with E-state index in [-0.39, 0.29) is 18.1 Å². The van der Waals surface area contributed by atoms with Crippen LogP contribution in [0.1, 0.15) is 36.5 Å². The molecule has 1 N–H and O–H groups in total. The van der Waals surface area contributed by atoms with Crippen LogP contribution in [0.15, 0.2) is 41.5 Å². The summed E-state index contributed by atoms with van der Waals surface area (Å²) >= 11 is 0. The Kier molecular flexibility index (Phi) is 6.22. The van der Waals surface area contributed by atoms with Crippen molar-refractivity contribution in [2.24, 2.45) is 5.10 Å². The monoisotopic (exact) mass is 346 g/mol. The molecular weight excluding hydrogens is 326 g/mol. The van der Waals surface area contributed by atoms with E-state index in [9.17, 15) is 13.6 Å². The molecule has 0 fully saturated rings. The molecule has 0 unspecified atom stereocenters. The highest BCUT2D eigenvalue weighted by Crippen LogP contribution is 2.27. The van der Waals surface area contributed by atoms with Gasteiger partial charge in [0.05, 0.1) is 6.21 Å². The number of hydrogen-bond acceptors (Lipinski definition) is 3. The molecule has 0 atom stereocenters. The van der Waals surface area contributed by atoms with Crippen molar-refractivity contribution in [1.29, 1.82) is 0 Å². The van der Waals surface area contributed by atoms with Crippen LogP contribution in [0.4, 0.5) is 8.78 Å². The lowest BCUT2D eigenvalue weighted by molar-refractivity contribution is -0.123. The Bertz CT molecular complexity index is 789. The summed E-state index contributed by atoms with van der Waals surface area (Å²) in [5.74, 6) is -0.992. The summed E-state index contributed by atoms with van der Waals surface area (Å²) in [6.45, 7) is 5.81. The summed E-state index contributed by atoms with van der Waals surface area (Å²) in [6, 6.07) is 8.93. The Hall–Kier alpha value is -2.76. The molecule has 0 aliphatic rings. The van der Waals surface area contributed by atoms with Crippen LogP contribution in [0.3, 0.4) is 0 Å². The second-order valence-corrected chi connectivity index (χ2v) is 5.94. The van der Waals surface area contributed by atoms with Gasteiger partial charge in [0.1, 0.15) is 17.4 Å². The number of amides is 1. The molecule has 6 heteroatoms. The van der Waals surface area contributed by atoms with Gasteiger partial charge in [0.25, 0.3) is 5.91 Å². The molecule has 132 valence electrons. The Balaban J connectivity index is 1.93. The highest BCUT2D eigenvalue weighted by Gasteiger charge is 2.10. The molecule has 2 rings (SSSR count). The number of aryl methyl sites for hydroxylation is 1. The van der Waals surface area contributed by atoms with Crippen LogP contribution in [0.5, 0.6) is 5.75 Å². The zero-order chi connectivity index (χ0) is 18.4. The number of halogens is 2. The molecule has 0 radical (unpaired) electrons. The van der Waals surface area contributed by atoms with Crippen molar-refractivity contribution < 1.29 is 18.3 Å². The van der Waals surface area contributed by atoms with Gasteiger partial charge in [0, 0.05) is 11.6 Å². The van der Waals surface area contributed by atoms with Crippen LogP contribution in [0, 0.1) is 18.6 Å². The minimum Gasteiger partial charge on any atom is -0.483 e. The maximum atomic E-state index is 13.4. The van der Waals surface area contributed by atoms with Gasteiger partial charge in [-0.05, 0) is 42.2 Å². The van der Waals surface area contributed by atoms with E-state index in [4.69, 9.17) is 4.74 Å². The average Bonchev–Trinajstić information content (AvgIpc) is 2.54. The normalized spacial score (nSPS) is 11.1. The quantitative estimate of drug-likeness (QED) is 0.636. The summed E-state index contributed by atoms with van der Waals surface area (Å²) in [5.41, 5.74) is 4.37. The van der Waals surface area contributed by atoms with Crippen molar-refractivity contribution in [3.63, 3.8) is 0 Å². The second-order valence-electron chi connectivity index (χ2n) is 5.94. The van der Waals surface area contributed by atoms with E-state index in [1.165, 1.54) is 6.07 Å². The van der Waals surface area contributed by atoms with E-state index in [0.29, 0.717) is 5.75 Å². The summed E-state index contributed by atoms with van der Waals surface area (Å²) < 4.78 is 31.8. The lowest BCUT2D eigenvalue weighted by Crippen LogP contribution is -2.25. The molecule has 0 saturated heterocycles. The van der Waals surface area contributed by atoms with Gasteiger partial charge in [-0.3, -0.25) is 4.79 Å². The molecule has 0 bridgehead atoms. The topological polar surface area (TPSA) is 50.7 Å². The number of benzene rings is 2. The van der Waals surface area contributed by atoms with E-state index in [2.05, 4.69) is 10.5 Å². The van der Waals surface area contributed by atoms with Gasteiger partial charge in [-0.25, -0.2) is 14.2 Å². The van der Waals surface area contributed by atoms with Gasteiger partial charge in [0.2, 0.25) is 0 Å². The maximum absolute atomic E-state index is 13.4. The molecule has 0 heterocycles. The molecule has 1 amide bonds. The van der Waals surface area contributed by atoms with Gasteiger partial charge < -0.3 is 4.74 Å². The fourth-order valence-corrected chi connectivity index (χ4v) is 2.20. The van der Waals surface area contributed by atoms with Crippen molar-refractivity contribution in [3.8, 4) is 5.75 Å². The second kappa shape index (κ2) is 8.37. The van der Waals surface area contributed by atoms with Crippen LogP contribution in [-0.2, 0) is 4.79 Å². The molecule has 0 aliphatic heterocycles. The summed E-state index contributed by atoms with van der Waals surface area (Å²) in [4.78, 5) is 11.8. The summed E-state index contributed by atoms with van der Waals surface area (Å²) in [5, 5.41) is 3.65. The largest absolute Gasteiger partial charge is 0.483 e. The van der Waals surface area contributed by atoms with E-state index >= 15 is 0 Å². The van der Waals surface area contributed by atoms with Crippen LogP contribution < -0.4 is 10.2 Å². The molecule has 4 nitrogen and oxygen atoms in total. The predicted octanol–water partition coefficient (Wildman–Crippen LogP) is 3.93. The lowest BCUT2D eigenvalue weighted by atomic mass is 10.0. The Morgan fingerprint density at radius 2 is 2.00 bits per heavy atom. The number of nitrogens with zero attached hydrogens (tertiary/aromatic N) is 1. The SMILES string of the molecule is Cc1ccc(C(C)C)c(OCC(=O)NN=Cc2ccc(F)cc2F)c1. The van der Waals surface area contributed by atoms with Crippen LogP contribution in [-0.4, -0.2) is 18.7 Å². The maximum Gasteiger partial charge on any atom is 0.277 e. The first-order valence-electron chi connectivity index (χ1n) is 7.87. The van der Waals surface area contributed by atoms with E-state index in [1.54, 1.807) is 0 Å². The molecule has 0 spiro atoms. The number of hydrogen-bond donors (Lipinski definition) is 1. The average molecular weight is 346 g/mol.